The molecule has 0 fully saturated rings. The van der Waals surface area contributed by atoms with E-state index in [1.54, 1.807) is 18.2 Å². The Bertz CT molecular complexity index is 1420. The monoisotopic (exact) mass is 476 g/mol. The fourth-order valence-corrected chi connectivity index (χ4v) is 3.56. The minimum absolute atomic E-state index is 0.00658. The first kappa shape index (κ1) is 22.7. The molecule has 10 heteroatoms. The van der Waals surface area contributed by atoms with Gasteiger partial charge in [-0.25, -0.2) is 0 Å². The molecule has 0 aliphatic carbocycles. The van der Waals surface area contributed by atoms with Gasteiger partial charge in [-0.3, -0.25) is 25.7 Å². The van der Waals surface area contributed by atoms with Crippen molar-refractivity contribution in [2.45, 2.75) is 6.61 Å². The quantitative estimate of drug-likeness (QED) is 0.180. The average Bonchev–Trinajstić information content (AvgIpc) is 2.83. The van der Waals surface area contributed by atoms with Crippen LogP contribution in [0.3, 0.4) is 0 Å². The number of halogens is 1. The standard InChI is InChI=1S/C24H17ClN4O5/c25-19-8-11-24(34-15-17-6-3-5-16-4-1-2-7-21(16)17)18(12-19)14-26-27-22-10-9-20(28(30)31)13-23(22)29(32)33/h1-14,27H,15H2/b26-14+. The van der Waals surface area contributed by atoms with E-state index in [1.165, 1.54) is 12.3 Å². The lowest BCUT2D eigenvalue weighted by Crippen LogP contribution is -2.01. The molecule has 0 spiro atoms. The van der Waals surface area contributed by atoms with Crippen molar-refractivity contribution >= 4 is 45.7 Å². The van der Waals surface area contributed by atoms with Crippen LogP contribution in [0.25, 0.3) is 10.8 Å². The lowest BCUT2D eigenvalue weighted by molar-refractivity contribution is -0.393. The molecule has 0 atom stereocenters. The minimum atomic E-state index is -0.719. The van der Waals surface area contributed by atoms with Crippen molar-refractivity contribution in [2.75, 3.05) is 5.43 Å². The van der Waals surface area contributed by atoms with Crippen LogP contribution in [0.4, 0.5) is 17.1 Å². The fourth-order valence-electron chi connectivity index (χ4n) is 3.38. The number of non-ortho nitro benzene ring substituents is 1. The Morgan fingerprint density at radius 3 is 2.53 bits per heavy atom. The molecule has 0 aliphatic heterocycles. The zero-order valence-corrected chi connectivity index (χ0v) is 18.3. The Balaban J connectivity index is 1.55. The molecule has 4 aromatic carbocycles. The lowest BCUT2D eigenvalue weighted by Gasteiger charge is -2.11. The van der Waals surface area contributed by atoms with E-state index in [2.05, 4.69) is 10.5 Å². The van der Waals surface area contributed by atoms with Crippen molar-refractivity contribution in [3.05, 3.63) is 115 Å². The number of ether oxygens (including phenoxy) is 1. The zero-order valence-electron chi connectivity index (χ0n) is 17.6. The van der Waals surface area contributed by atoms with Gasteiger partial charge in [0.2, 0.25) is 0 Å². The highest BCUT2D eigenvalue weighted by atomic mass is 35.5. The number of nitrogens with one attached hydrogen (secondary N) is 1. The van der Waals surface area contributed by atoms with Gasteiger partial charge in [-0.05, 0) is 40.6 Å². The maximum Gasteiger partial charge on any atom is 0.301 e. The van der Waals surface area contributed by atoms with E-state index in [9.17, 15) is 20.2 Å². The summed E-state index contributed by atoms with van der Waals surface area (Å²) in [4.78, 5) is 20.8. The number of rotatable bonds is 8. The lowest BCUT2D eigenvalue weighted by atomic mass is 10.1. The molecule has 170 valence electrons. The molecule has 0 saturated heterocycles. The summed E-state index contributed by atoms with van der Waals surface area (Å²) in [5.74, 6) is 0.515. The molecule has 1 N–H and O–H groups in total. The highest BCUT2D eigenvalue weighted by Crippen LogP contribution is 2.29. The third-order valence-electron chi connectivity index (χ3n) is 5.01. The molecule has 0 aliphatic rings. The van der Waals surface area contributed by atoms with Gasteiger partial charge in [0.1, 0.15) is 18.0 Å². The number of fused-ring (bicyclic) bond motifs is 1. The number of anilines is 1. The average molecular weight is 477 g/mol. The summed E-state index contributed by atoms with van der Waals surface area (Å²) in [6.07, 6.45) is 1.41. The number of hydrogen-bond donors (Lipinski definition) is 1. The molecule has 34 heavy (non-hydrogen) atoms. The molecule has 0 heterocycles. The van der Waals surface area contributed by atoms with Crippen LogP contribution in [0.1, 0.15) is 11.1 Å². The zero-order chi connectivity index (χ0) is 24.1. The molecule has 0 unspecified atom stereocenters. The van der Waals surface area contributed by atoms with E-state index >= 15 is 0 Å². The molecule has 0 amide bonds. The van der Waals surface area contributed by atoms with Crippen LogP contribution in [0.5, 0.6) is 5.75 Å². The van der Waals surface area contributed by atoms with Gasteiger partial charge in [0, 0.05) is 16.7 Å². The minimum Gasteiger partial charge on any atom is -0.488 e. The number of nitro groups is 2. The van der Waals surface area contributed by atoms with Gasteiger partial charge < -0.3 is 4.74 Å². The van der Waals surface area contributed by atoms with Gasteiger partial charge in [0.05, 0.1) is 22.1 Å². The first-order valence-electron chi connectivity index (χ1n) is 10.0. The van der Waals surface area contributed by atoms with Crippen molar-refractivity contribution in [1.29, 1.82) is 0 Å². The van der Waals surface area contributed by atoms with Crippen LogP contribution in [0.15, 0.2) is 84.0 Å². The second kappa shape index (κ2) is 9.97. The van der Waals surface area contributed by atoms with Crippen molar-refractivity contribution in [1.82, 2.24) is 0 Å². The van der Waals surface area contributed by atoms with E-state index in [0.717, 1.165) is 28.5 Å². The highest BCUT2D eigenvalue weighted by molar-refractivity contribution is 6.30. The van der Waals surface area contributed by atoms with Gasteiger partial charge in [0.15, 0.2) is 0 Å². The second-order valence-electron chi connectivity index (χ2n) is 7.19. The molecule has 0 bridgehead atoms. The van der Waals surface area contributed by atoms with E-state index in [0.29, 0.717) is 22.9 Å². The smallest absolute Gasteiger partial charge is 0.301 e. The second-order valence-corrected chi connectivity index (χ2v) is 7.63. The van der Waals surface area contributed by atoms with Crippen molar-refractivity contribution in [3.63, 3.8) is 0 Å². The molecule has 4 rings (SSSR count). The molecule has 0 aromatic heterocycles. The maximum atomic E-state index is 11.3. The predicted molar refractivity (Wildman–Crippen MR) is 131 cm³/mol. The van der Waals surface area contributed by atoms with Crippen LogP contribution in [-0.4, -0.2) is 16.1 Å². The predicted octanol–water partition coefficient (Wildman–Crippen LogP) is 6.33. The fraction of sp³-hybridized carbons (Fsp3) is 0.0417. The van der Waals surface area contributed by atoms with Crippen molar-refractivity contribution in [2.24, 2.45) is 5.10 Å². The maximum absolute atomic E-state index is 11.3. The van der Waals surface area contributed by atoms with Crippen LogP contribution >= 0.6 is 11.6 Å². The van der Waals surface area contributed by atoms with Crippen molar-refractivity contribution in [3.8, 4) is 5.75 Å². The summed E-state index contributed by atoms with van der Waals surface area (Å²) in [5.41, 5.74) is 3.27. The summed E-state index contributed by atoms with van der Waals surface area (Å²) in [7, 11) is 0. The van der Waals surface area contributed by atoms with E-state index in [4.69, 9.17) is 16.3 Å². The van der Waals surface area contributed by atoms with Gasteiger partial charge in [-0.2, -0.15) is 5.10 Å². The highest BCUT2D eigenvalue weighted by Gasteiger charge is 2.19. The first-order valence-corrected chi connectivity index (χ1v) is 10.4. The van der Waals surface area contributed by atoms with E-state index in [1.807, 2.05) is 42.5 Å². The SMILES string of the molecule is O=[N+]([O-])c1ccc(N/N=C/c2cc(Cl)ccc2OCc2cccc3ccccc23)c([N+](=O)[O-])c1. The van der Waals surface area contributed by atoms with Crippen molar-refractivity contribution < 1.29 is 14.6 Å². The summed E-state index contributed by atoms with van der Waals surface area (Å²) in [5, 5.41) is 28.9. The molecule has 0 saturated carbocycles. The Labute approximate surface area is 198 Å². The summed E-state index contributed by atoms with van der Waals surface area (Å²) < 4.78 is 6.03. The molecule has 0 radical (unpaired) electrons. The molecular weight excluding hydrogens is 460 g/mol. The normalized spacial score (nSPS) is 11.0. The Morgan fingerprint density at radius 2 is 1.74 bits per heavy atom. The number of hydrazone groups is 1. The summed E-state index contributed by atoms with van der Waals surface area (Å²) in [6, 6.07) is 22.3. The number of hydrogen-bond acceptors (Lipinski definition) is 7. The van der Waals surface area contributed by atoms with E-state index in [-0.39, 0.29) is 11.4 Å². The first-order chi connectivity index (χ1) is 16.4. The summed E-state index contributed by atoms with van der Waals surface area (Å²) >= 11 is 6.13. The summed E-state index contributed by atoms with van der Waals surface area (Å²) in [6.45, 7) is 0.311. The number of benzene rings is 4. The van der Waals surface area contributed by atoms with Crippen LogP contribution in [0.2, 0.25) is 5.02 Å². The van der Waals surface area contributed by atoms with Gasteiger partial charge in [-0.1, -0.05) is 54.1 Å². The molecular formula is C24H17ClN4O5. The van der Waals surface area contributed by atoms with Gasteiger partial charge in [0.25, 0.3) is 5.69 Å². The van der Waals surface area contributed by atoms with Crippen LogP contribution < -0.4 is 10.2 Å². The third kappa shape index (κ3) is 5.11. The van der Waals surface area contributed by atoms with Gasteiger partial charge >= 0.3 is 5.69 Å². The topological polar surface area (TPSA) is 120 Å². The number of nitrogens with zero attached hydrogens (tertiary/aromatic N) is 3. The Hall–Kier alpha value is -4.50. The van der Waals surface area contributed by atoms with Crippen LogP contribution in [0, 0.1) is 20.2 Å². The Morgan fingerprint density at radius 1 is 0.941 bits per heavy atom. The van der Waals surface area contributed by atoms with Crippen LogP contribution in [-0.2, 0) is 6.61 Å². The van der Waals surface area contributed by atoms with E-state index < -0.39 is 15.5 Å². The molecule has 9 nitrogen and oxygen atoms in total. The largest absolute Gasteiger partial charge is 0.488 e. The number of nitro benzene ring substituents is 2. The molecule has 4 aromatic rings. The Kier molecular flexibility index (Phi) is 6.65. The third-order valence-corrected chi connectivity index (χ3v) is 5.25. The van der Waals surface area contributed by atoms with Gasteiger partial charge in [-0.15, -0.1) is 0 Å².